The van der Waals surface area contributed by atoms with Crippen molar-refractivity contribution in [3.63, 3.8) is 0 Å². The molecule has 5 nitrogen and oxygen atoms in total. The van der Waals surface area contributed by atoms with Crippen LogP contribution in [-0.2, 0) is 5.41 Å². The van der Waals surface area contributed by atoms with Gasteiger partial charge in [0.1, 0.15) is 11.6 Å². The molecule has 28 heavy (non-hydrogen) atoms. The highest BCUT2D eigenvalue weighted by Gasteiger charge is 2.46. The number of halogens is 1. The molecule has 1 saturated heterocycles. The van der Waals surface area contributed by atoms with Gasteiger partial charge in [-0.25, -0.2) is 4.39 Å². The zero-order valence-corrected chi connectivity index (χ0v) is 15.8. The van der Waals surface area contributed by atoms with Gasteiger partial charge in [-0.2, -0.15) is 5.26 Å². The van der Waals surface area contributed by atoms with E-state index in [1.165, 1.54) is 24.3 Å². The first-order valence-corrected chi connectivity index (χ1v) is 9.41. The fourth-order valence-corrected chi connectivity index (χ4v) is 4.37. The van der Waals surface area contributed by atoms with Crippen molar-refractivity contribution in [1.29, 1.82) is 5.26 Å². The topological polar surface area (TPSA) is 56.6 Å². The van der Waals surface area contributed by atoms with Crippen molar-refractivity contribution in [3.8, 4) is 11.8 Å². The van der Waals surface area contributed by atoms with Gasteiger partial charge >= 0.3 is 0 Å². The van der Waals surface area contributed by atoms with Crippen LogP contribution in [0, 0.1) is 17.1 Å². The summed E-state index contributed by atoms with van der Waals surface area (Å²) >= 11 is 0. The number of benzene rings is 2. The average molecular weight is 379 g/mol. The third-order valence-electron chi connectivity index (χ3n) is 5.97. The summed E-state index contributed by atoms with van der Waals surface area (Å²) in [5, 5.41) is 8.97. The summed E-state index contributed by atoms with van der Waals surface area (Å²) in [4.78, 5) is 17.1. The summed E-state index contributed by atoms with van der Waals surface area (Å²) < 4.78 is 18.7. The number of nitrogens with zero attached hydrogens (tertiary/aromatic N) is 3. The molecule has 0 atom stereocenters. The van der Waals surface area contributed by atoms with E-state index in [0.29, 0.717) is 18.7 Å². The van der Waals surface area contributed by atoms with Gasteiger partial charge in [0.15, 0.2) is 0 Å². The average Bonchev–Trinajstić information content (AvgIpc) is 3.03. The fourth-order valence-electron chi connectivity index (χ4n) is 4.37. The monoisotopic (exact) mass is 379 g/mol. The normalized spacial score (nSPS) is 18.0. The predicted octanol–water partition coefficient (Wildman–Crippen LogP) is 3.35. The lowest BCUT2D eigenvalue weighted by molar-refractivity contribution is 0.0978. The van der Waals surface area contributed by atoms with E-state index in [-0.39, 0.29) is 17.1 Å². The second-order valence-electron chi connectivity index (χ2n) is 7.50. The Balaban J connectivity index is 1.69. The lowest BCUT2D eigenvalue weighted by Crippen LogP contribution is -2.46. The Hall–Kier alpha value is -2.91. The van der Waals surface area contributed by atoms with Crippen molar-refractivity contribution in [3.05, 3.63) is 59.4 Å². The molecule has 1 spiro atoms. The van der Waals surface area contributed by atoms with E-state index in [9.17, 15) is 9.18 Å². The van der Waals surface area contributed by atoms with Crippen LogP contribution in [0.5, 0.6) is 5.75 Å². The van der Waals surface area contributed by atoms with Crippen molar-refractivity contribution in [2.24, 2.45) is 0 Å². The summed E-state index contributed by atoms with van der Waals surface area (Å²) in [6, 6.07) is 13.7. The molecule has 1 amide bonds. The van der Waals surface area contributed by atoms with Crippen molar-refractivity contribution in [2.75, 3.05) is 38.2 Å². The maximum absolute atomic E-state index is 13.3. The Morgan fingerprint density at radius 3 is 2.57 bits per heavy atom. The molecule has 2 aliphatic heterocycles. The first-order valence-electron chi connectivity index (χ1n) is 9.41. The standard InChI is InChI=1S/C22H22FN3O2/c1-28-18-6-7-20-19(14-18)22(8-11-25(12-9-22)13-10-24)15-26(20)21(27)16-2-4-17(23)5-3-16/h2-7,14H,8-9,11-13,15H2,1H3. The van der Waals surface area contributed by atoms with Gasteiger partial charge < -0.3 is 9.64 Å². The molecular formula is C22H22FN3O2. The van der Waals surface area contributed by atoms with Crippen molar-refractivity contribution in [2.45, 2.75) is 18.3 Å². The molecule has 0 aromatic heterocycles. The Morgan fingerprint density at radius 2 is 1.93 bits per heavy atom. The highest BCUT2D eigenvalue weighted by molar-refractivity contribution is 6.07. The van der Waals surface area contributed by atoms with Crippen LogP contribution >= 0.6 is 0 Å². The SMILES string of the molecule is COc1ccc2c(c1)C1(CCN(CC#N)CC1)CN2C(=O)c1ccc(F)cc1. The molecule has 0 aliphatic carbocycles. The minimum atomic E-state index is -0.357. The molecule has 6 heteroatoms. The van der Waals surface area contributed by atoms with Gasteiger partial charge in [-0.05, 0) is 60.9 Å². The molecular weight excluding hydrogens is 357 g/mol. The second kappa shape index (κ2) is 7.25. The Morgan fingerprint density at radius 1 is 1.21 bits per heavy atom. The molecule has 2 heterocycles. The van der Waals surface area contributed by atoms with Crippen molar-refractivity contribution in [1.82, 2.24) is 4.90 Å². The van der Waals surface area contributed by atoms with Crippen LogP contribution in [0.2, 0.25) is 0 Å². The highest BCUT2D eigenvalue weighted by atomic mass is 19.1. The number of ether oxygens (including phenoxy) is 1. The number of piperidine rings is 1. The van der Waals surface area contributed by atoms with Gasteiger partial charge in [0.05, 0.1) is 19.7 Å². The Kier molecular flexibility index (Phi) is 4.78. The molecule has 0 unspecified atom stereocenters. The number of carbonyl (C=O) groups excluding carboxylic acids is 1. The minimum Gasteiger partial charge on any atom is -0.497 e. The third-order valence-corrected chi connectivity index (χ3v) is 5.97. The number of likely N-dealkylation sites (tertiary alicyclic amines) is 1. The lowest BCUT2D eigenvalue weighted by Gasteiger charge is -2.39. The number of carbonyl (C=O) groups is 1. The van der Waals surface area contributed by atoms with Crippen LogP contribution in [0.1, 0.15) is 28.8 Å². The molecule has 0 N–H and O–H groups in total. The lowest BCUT2D eigenvalue weighted by atomic mass is 9.74. The number of methoxy groups -OCH3 is 1. The van der Waals surface area contributed by atoms with Gasteiger partial charge in [0.2, 0.25) is 0 Å². The number of hydrogen-bond donors (Lipinski definition) is 0. The molecule has 2 aromatic carbocycles. The zero-order valence-electron chi connectivity index (χ0n) is 15.8. The zero-order chi connectivity index (χ0) is 19.7. The smallest absolute Gasteiger partial charge is 0.258 e. The highest BCUT2D eigenvalue weighted by Crippen LogP contribution is 2.48. The predicted molar refractivity (Wildman–Crippen MR) is 104 cm³/mol. The number of amides is 1. The van der Waals surface area contributed by atoms with E-state index < -0.39 is 0 Å². The summed E-state index contributed by atoms with van der Waals surface area (Å²) in [5.41, 5.74) is 2.34. The van der Waals surface area contributed by atoms with E-state index in [0.717, 1.165) is 42.9 Å². The largest absolute Gasteiger partial charge is 0.497 e. The Bertz CT molecular complexity index is 928. The summed E-state index contributed by atoms with van der Waals surface area (Å²) in [7, 11) is 1.64. The molecule has 2 aromatic rings. The number of anilines is 1. The minimum absolute atomic E-state index is 0.122. The van der Waals surface area contributed by atoms with Crippen LogP contribution in [-0.4, -0.2) is 44.1 Å². The molecule has 0 bridgehead atoms. The maximum atomic E-state index is 13.3. The third kappa shape index (κ3) is 3.12. The van der Waals surface area contributed by atoms with Crippen molar-refractivity contribution >= 4 is 11.6 Å². The number of fused-ring (bicyclic) bond motifs is 2. The van der Waals surface area contributed by atoms with Crippen LogP contribution in [0.25, 0.3) is 0 Å². The van der Waals surface area contributed by atoms with Gasteiger partial charge in [-0.3, -0.25) is 9.69 Å². The maximum Gasteiger partial charge on any atom is 0.258 e. The van der Waals surface area contributed by atoms with Gasteiger partial charge in [-0.15, -0.1) is 0 Å². The molecule has 1 fully saturated rings. The summed E-state index contributed by atoms with van der Waals surface area (Å²) in [6.07, 6.45) is 1.75. The van der Waals surface area contributed by atoms with Crippen LogP contribution in [0.4, 0.5) is 10.1 Å². The fraction of sp³-hybridized carbons (Fsp3) is 0.364. The van der Waals surface area contributed by atoms with E-state index in [4.69, 9.17) is 10.00 Å². The molecule has 144 valence electrons. The molecule has 2 aliphatic rings. The molecule has 4 rings (SSSR count). The van der Waals surface area contributed by atoms with Gasteiger partial charge in [0.25, 0.3) is 5.91 Å². The van der Waals surface area contributed by atoms with Crippen molar-refractivity contribution < 1.29 is 13.9 Å². The quantitative estimate of drug-likeness (QED) is 0.768. The van der Waals surface area contributed by atoms with Gasteiger partial charge in [0, 0.05) is 36.3 Å². The van der Waals surface area contributed by atoms with Crippen LogP contribution < -0.4 is 9.64 Å². The van der Waals surface area contributed by atoms with E-state index in [1.807, 2.05) is 23.1 Å². The first-order chi connectivity index (χ1) is 13.6. The second-order valence-corrected chi connectivity index (χ2v) is 7.50. The van der Waals surface area contributed by atoms with Crippen LogP contribution in [0.15, 0.2) is 42.5 Å². The summed E-state index contributed by atoms with van der Waals surface area (Å²) in [6.45, 7) is 2.66. The number of rotatable bonds is 3. The van der Waals surface area contributed by atoms with Gasteiger partial charge in [-0.1, -0.05) is 0 Å². The summed E-state index contributed by atoms with van der Waals surface area (Å²) in [5.74, 6) is 0.292. The number of hydrogen-bond acceptors (Lipinski definition) is 4. The number of nitriles is 1. The molecule has 0 saturated carbocycles. The van der Waals surface area contributed by atoms with E-state index in [1.54, 1.807) is 7.11 Å². The van der Waals surface area contributed by atoms with E-state index in [2.05, 4.69) is 11.0 Å². The first kappa shape index (κ1) is 18.5. The van der Waals surface area contributed by atoms with Crippen LogP contribution in [0.3, 0.4) is 0 Å². The van der Waals surface area contributed by atoms with E-state index >= 15 is 0 Å². The molecule has 0 radical (unpaired) electrons. The Labute approximate surface area is 163 Å².